The maximum absolute atomic E-state index is 12.9. The molecule has 3 rings (SSSR count). The van der Waals surface area contributed by atoms with Crippen molar-refractivity contribution in [1.82, 2.24) is 0 Å². The van der Waals surface area contributed by atoms with Gasteiger partial charge in [-0.05, 0) is 62.9 Å². The summed E-state index contributed by atoms with van der Waals surface area (Å²) in [5.41, 5.74) is 0.785. The summed E-state index contributed by atoms with van der Waals surface area (Å²) in [5, 5.41) is 9.92. The van der Waals surface area contributed by atoms with Crippen LogP contribution in [0.2, 0.25) is 0 Å². The minimum Gasteiger partial charge on any atom is -0.462 e. The van der Waals surface area contributed by atoms with Crippen molar-refractivity contribution in [3.8, 4) is 0 Å². The van der Waals surface area contributed by atoms with Gasteiger partial charge in [0.25, 0.3) is 0 Å². The van der Waals surface area contributed by atoms with Gasteiger partial charge in [0.1, 0.15) is 12.2 Å². The number of carbonyl (C=O) groups is 2. The van der Waals surface area contributed by atoms with E-state index in [0.717, 1.165) is 25.7 Å². The summed E-state index contributed by atoms with van der Waals surface area (Å²) in [6, 6.07) is 0. The van der Waals surface area contributed by atoms with Crippen LogP contribution in [0.4, 0.5) is 0 Å². The first-order valence-corrected chi connectivity index (χ1v) is 11.6. The van der Waals surface area contributed by atoms with Gasteiger partial charge in [0.2, 0.25) is 0 Å². The summed E-state index contributed by atoms with van der Waals surface area (Å²) >= 11 is 0. The molecule has 1 fully saturated rings. The molecular formula is C25H38O5. The quantitative estimate of drug-likeness (QED) is 0.639. The number of hydrogen-bond donors (Lipinski definition) is 1. The van der Waals surface area contributed by atoms with Crippen molar-refractivity contribution >= 4 is 11.9 Å². The standard InChI is InChI=1S/C25H38O5/c1-6-25(4,5)24(28)30-21-12-15(2)11-17-8-7-16(3)20(23(17)21)10-9-19-13-18(26)14-22(27)29-19/h7-8,11,15-16,18-21,23,26H,6,9-10,12-14H2,1-5H3/t15-,16-,18+,19?,20-,21?,23?/m0/s1. The van der Waals surface area contributed by atoms with Gasteiger partial charge in [-0.25, -0.2) is 0 Å². The summed E-state index contributed by atoms with van der Waals surface area (Å²) in [4.78, 5) is 24.6. The molecule has 0 amide bonds. The van der Waals surface area contributed by atoms with Gasteiger partial charge in [-0.2, -0.15) is 0 Å². The molecule has 5 heteroatoms. The molecule has 3 unspecified atom stereocenters. The predicted molar refractivity (Wildman–Crippen MR) is 115 cm³/mol. The third kappa shape index (κ3) is 5.16. The Morgan fingerprint density at radius 2 is 2.00 bits per heavy atom. The van der Waals surface area contributed by atoms with Gasteiger partial charge >= 0.3 is 11.9 Å². The number of cyclic esters (lactones) is 1. The van der Waals surface area contributed by atoms with Gasteiger partial charge in [-0.1, -0.05) is 39.0 Å². The fourth-order valence-electron chi connectivity index (χ4n) is 5.08. The minimum absolute atomic E-state index is 0.0949. The Morgan fingerprint density at radius 1 is 1.27 bits per heavy atom. The number of ether oxygens (including phenoxy) is 2. The molecule has 30 heavy (non-hydrogen) atoms. The Kier molecular flexibility index (Phi) is 7.11. The number of hydrogen-bond acceptors (Lipinski definition) is 5. The second-order valence-electron chi connectivity index (χ2n) is 10.3. The first-order chi connectivity index (χ1) is 14.1. The minimum atomic E-state index is -0.601. The molecule has 0 aromatic carbocycles. The van der Waals surface area contributed by atoms with Crippen LogP contribution in [0.15, 0.2) is 23.8 Å². The third-order valence-electron chi connectivity index (χ3n) is 7.35. The second-order valence-corrected chi connectivity index (χ2v) is 10.3. The Hall–Kier alpha value is -1.62. The van der Waals surface area contributed by atoms with E-state index in [-0.39, 0.29) is 36.5 Å². The zero-order valence-corrected chi connectivity index (χ0v) is 19.1. The van der Waals surface area contributed by atoms with Gasteiger partial charge in [-0.3, -0.25) is 9.59 Å². The van der Waals surface area contributed by atoms with Crippen LogP contribution in [0.25, 0.3) is 0 Å². The van der Waals surface area contributed by atoms with Crippen molar-refractivity contribution in [2.75, 3.05) is 0 Å². The van der Waals surface area contributed by atoms with Crippen LogP contribution in [0, 0.1) is 29.1 Å². The number of aliphatic hydroxyl groups excluding tert-OH is 1. The van der Waals surface area contributed by atoms with Gasteiger partial charge in [0.15, 0.2) is 0 Å². The summed E-state index contributed by atoms with van der Waals surface area (Å²) < 4.78 is 11.6. The van der Waals surface area contributed by atoms with Crippen LogP contribution in [0.1, 0.15) is 73.1 Å². The predicted octanol–water partition coefficient (Wildman–Crippen LogP) is 4.59. The molecule has 0 aromatic rings. The molecule has 2 aliphatic carbocycles. The highest BCUT2D eigenvalue weighted by atomic mass is 16.6. The molecule has 5 nitrogen and oxygen atoms in total. The van der Waals surface area contributed by atoms with Crippen LogP contribution in [-0.4, -0.2) is 35.4 Å². The average molecular weight is 419 g/mol. The molecule has 1 saturated heterocycles. The van der Waals surface area contributed by atoms with Crippen LogP contribution in [-0.2, 0) is 19.1 Å². The van der Waals surface area contributed by atoms with Crippen LogP contribution < -0.4 is 0 Å². The Bertz CT molecular complexity index is 706. The highest BCUT2D eigenvalue weighted by Gasteiger charge is 2.43. The SMILES string of the molecule is CCC(C)(C)C(=O)OC1C[C@@H](C)C=C2C=C[C@H](C)[C@H](CCC3C[C@@H](O)CC(=O)O3)C21. The monoisotopic (exact) mass is 418 g/mol. The molecule has 3 aliphatic rings. The van der Waals surface area contributed by atoms with E-state index >= 15 is 0 Å². The molecule has 1 N–H and O–H groups in total. The largest absolute Gasteiger partial charge is 0.462 e. The molecule has 0 aromatic heterocycles. The maximum Gasteiger partial charge on any atom is 0.311 e. The lowest BCUT2D eigenvalue weighted by molar-refractivity contribution is -0.166. The molecule has 0 saturated carbocycles. The van der Waals surface area contributed by atoms with Crippen molar-refractivity contribution in [1.29, 1.82) is 0 Å². The highest BCUT2D eigenvalue weighted by molar-refractivity contribution is 5.76. The van der Waals surface area contributed by atoms with Crippen LogP contribution in [0.5, 0.6) is 0 Å². The average Bonchev–Trinajstić information content (AvgIpc) is 2.66. The number of aliphatic hydroxyl groups is 1. The van der Waals surface area contributed by atoms with Gasteiger partial charge in [0, 0.05) is 12.3 Å². The van der Waals surface area contributed by atoms with E-state index in [4.69, 9.17) is 9.47 Å². The van der Waals surface area contributed by atoms with Gasteiger partial charge in [0.05, 0.1) is 17.9 Å². The molecule has 0 bridgehead atoms. The summed E-state index contributed by atoms with van der Waals surface area (Å²) in [5.74, 6) is 0.776. The fourth-order valence-corrected chi connectivity index (χ4v) is 5.08. The second kappa shape index (κ2) is 9.25. The Balaban J connectivity index is 1.76. The summed E-state index contributed by atoms with van der Waals surface area (Å²) in [6.45, 7) is 10.3. The number of rotatable bonds is 6. The number of carbonyl (C=O) groups excluding carboxylic acids is 2. The van der Waals surface area contributed by atoms with E-state index in [1.54, 1.807) is 0 Å². The smallest absolute Gasteiger partial charge is 0.311 e. The zero-order valence-electron chi connectivity index (χ0n) is 19.1. The van der Waals surface area contributed by atoms with Crippen LogP contribution >= 0.6 is 0 Å². The third-order valence-corrected chi connectivity index (χ3v) is 7.35. The van der Waals surface area contributed by atoms with E-state index < -0.39 is 11.5 Å². The summed E-state index contributed by atoms with van der Waals surface area (Å²) in [7, 11) is 0. The van der Waals surface area contributed by atoms with E-state index in [9.17, 15) is 14.7 Å². The van der Waals surface area contributed by atoms with Crippen molar-refractivity contribution < 1.29 is 24.2 Å². The zero-order chi connectivity index (χ0) is 22.1. The molecule has 1 aliphatic heterocycles. The molecule has 168 valence electrons. The maximum atomic E-state index is 12.9. The lowest BCUT2D eigenvalue weighted by atomic mass is 9.65. The molecule has 7 atom stereocenters. The van der Waals surface area contributed by atoms with Gasteiger partial charge in [-0.15, -0.1) is 0 Å². The van der Waals surface area contributed by atoms with E-state index in [1.165, 1.54) is 5.57 Å². The first-order valence-electron chi connectivity index (χ1n) is 11.6. The molecular weight excluding hydrogens is 380 g/mol. The number of esters is 2. The number of allylic oxidation sites excluding steroid dienone is 3. The van der Waals surface area contributed by atoms with Crippen molar-refractivity contribution in [3.63, 3.8) is 0 Å². The summed E-state index contributed by atoms with van der Waals surface area (Å²) in [6.07, 6.45) is 9.61. The van der Waals surface area contributed by atoms with E-state index in [0.29, 0.717) is 24.2 Å². The fraction of sp³-hybridized carbons (Fsp3) is 0.760. The lowest BCUT2D eigenvalue weighted by Crippen LogP contribution is -2.43. The van der Waals surface area contributed by atoms with Gasteiger partial charge < -0.3 is 14.6 Å². The first kappa shape index (κ1) is 23.1. The van der Waals surface area contributed by atoms with E-state index in [1.807, 2.05) is 20.8 Å². The van der Waals surface area contributed by atoms with Crippen molar-refractivity contribution in [2.45, 2.75) is 91.5 Å². The Morgan fingerprint density at radius 3 is 2.67 bits per heavy atom. The highest BCUT2D eigenvalue weighted by Crippen LogP contribution is 2.45. The van der Waals surface area contributed by atoms with Crippen LogP contribution in [0.3, 0.4) is 0 Å². The molecule has 0 spiro atoms. The van der Waals surface area contributed by atoms with E-state index in [2.05, 4.69) is 32.1 Å². The normalized spacial score (nSPS) is 36.5. The Labute approximate surface area is 180 Å². The molecule has 0 radical (unpaired) electrons. The topological polar surface area (TPSA) is 72.8 Å². The van der Waals surface area contributed by atoms with Crippen molar-refractivity contribution in [3.05, 3.63) is 23.8 Å². The number of fused-ring (bicyclic) bond motifs is 1. The lowest BCUT2D eigenvalue weighted by Gasteiger charge is -2.44. The van der Waals surface area contributed by atoms with Crippen molar-refractivity contribution in [2.24, 2.45) is 29.1 Å². The molecule has 1 heterocycles.